The molecule has 0 aliphatic heterocycles. The fourth-order valence-corrected chi connectivity index (χ4v) is 2.08. The lowest BCUT2D eigenvalue weighted by molar-refractivity contribution is 0.553. The Labute approximate surface area is 105 Å². The summed E-state index contributed by atoms with van der Waals surface area (Å²) < 4.78 is 0. The fourth-order valence-electron chi connectivity index (χ4n) is 2.08. The van der Waals surface area contributed by atoms with E-state index in [0.29, 0.717) is 0 Å². The van der Waals surface area contributed by atoms with Gasteiger partial charge in [0.25, 0.3) is 0 Å². The van der Waals surface area contributed by atoms with E-state index >= 15 is 0 Å². The summed E-state index contributed by atoms with van der Waals surface area (Å²) >= 11 is 0. The Hall–Kier alpha value is -1.26. The van der Waals surface area contributed by atoms with E-state index < -0.39 is 0 Å². The van der Waals surface area contributed by atoms with Crippen LogP contribution in [0.25, 0.3) is 0 Å². The normalized spacial score (nSPS) is 13.1. The number of terminal acetylenes is 1. The van der Waals surface area contributed by atoms with Gasteiger partial charge in [-0.15, -0.1) is 12.3 Å². The molecule has 0 heterocycles. The van der Waals surface area contributed by atoms with E-state index in [0.717, 1.165) is 19.3 Å². The molecule has 0 radical (unpaired) electrons. The van der Waals surface area contributed by atoms with E-state index in [9.17, 15) is 0 Å². The molecule has 0 saturated heterocycles. The van der Waals surface area contributed by atoms with Crippen molar-refractivity contribution >= 4 is 0 Å². The minimum atomic E-state index is 0.0961. The Morgan fingerprint density at radius 2 is 1.94 bits per heavy atom. The van der Waals surface area contributed by atoms with E-state index in [2.05, 4.69) is 51.0 Å². The molecule has 1 unspecified atom stereocenters. The molecule has 0 aromatic heterocycles. The molecule has 0 bridgehead atoms. The van der Waals surface area contributed by atoms with Crippen LogP contribution in [0.1, 0.15) is 57.2 Å². The zero-order valence-electron chi connectivity index (χ0n) is 11.2. The lowest BCUT2D eigenvalue weighted by Gasteiger charge is -2.25. The summed E-state index contributed by atoms with van der Waals surface area (Å²) in [6.07, 6.45) is 8.02. The van der Waals surface area contributed by atoms with Crippen LogP contribution < -0.4 is 5.73 Å². The predicted octanol–water partition coefficient (Wildman–Crippen LogP) is 3.79. The van der Waals surface area contributed by atoms with Gasteiger partial charge in [0.15, 0.2) is 0 Å². The largest absolute Gasteiger partial charge is 0.324 e. The van der Waals surface area contributed by atoms with Gasteiger partial charge in [-0.1, -0.05) is 45.0 Å². The smallest absolute Gasteiger partial charge is 0.0298 e. The highest BCUT2D eigenvalue weighted by Crippen LogP contribution is 2.30. The first-order chi connectivity index (χ1) is 7.96. The molecule has 0 saturated carbocycles. The van der Waals surface area contributed by atoms with Crippen LogP contribution in [0, 0.1) is 12.3 Å². The molecule has 92 valence electrons. The molecule has 17 heavy (non-hydrogen) atoms. The van der Waals surface area contributed by atoms with Crippen LogP contribution in [0.3, 0.4) is 0 Å². The van der Waals surface area contributed by atoms with Crippen LogP contribution in [0.5, 0.6) is 0 Å². The maximum atomic E-state index is 6.26. The maximum absolute atomic E-state index is 6.26. The van der Waals surface area contributed by atoms with Gasteiger partial charge in [-0.05, 0) is 29.4 Å². The fraction of sp³-hybridized carbons (Fsp3) is 0.500. The molecule has 1 aromatic carbocycles. The highest BCUT2D eigenvalue weighted by atomic mass is 14.6. The summed E-state index contributed by atoms with van der Waals surface area (Å²) in [5.41, 5.74) is 9.01. The third kappa shape index (κ3) is 3.91. The van der Waals surface area contributed by atoms with Crippen LogP contribution in [-0.2, 0) is 5.41 Å². The Bertz CT molecular complexity index is 393. The van der Waals surface area contributed by atoms with Crippen molar-refractivity contribution in [1.82, 2.24) is 0 Å². The van der Waals surface area contributed by atoms with Crippen LogP contribution in [0.4, 0.5) is 0 Å². The Kier molecular flexibility index (Phi) is 4.78. The van der Waals surface area contributed by atoms with Crippen LogP contribution in [-0.4, -0.2) is 0 Å². The van der Waals surface area contributed by atoms with Gasteiger partial charge < -0.3 is 5.73 Å². The minimum Gasteiger partial charge on any atom is -0.324 e. The molecule has 1 aromatic rings. The SMILES string of the molecule is C#CCCCC(N)c1ccccc1C(C)(C)C. The monoisotopic (exact) mass is 229 g/mol. The third-order valence-corrected chi connectivity index (χ3v) is 3.00. The van der Waals surface area contributed by atoms with Crippen molar-refractivity contribution in [2.45, 2.75) is 51.5 Å². The average Bonchev–Trinajstić information content (AvgIpc) is 2.28. The van der Waals surface area contributed by atoms with E-state index in [4.69, 9.17) is 12.2 Å². The quantitative estimate of drug-likeness (QED) is 0.617. The van der Waals surface area contributed by atoms with Crippen molar-refractivity contribution in [2.24, 2.45) is 5.73 Å². The molecule has 2 N–H and O–H groups in total. The number of benzene rings is 1. The van der Waals surface area contributed by atoms with E-state index in [-0.39, 0.29) is 11.5 Å². The van der Waals surface area contributed by atoms with E-state index in [1.165, 1.54) is 11.1 Å². The second-order valence-electron chi connectivity index (χ2n) is 5.54. The predicted molar refractivity (Wildman–Crippen MR) is 74.8 cm³/mol. The lowest BCUT2D eigenvalue weighted by atomic mass is 9.81. The molecular weight excluding hydrogens is 206 g/mol. The zero-order chi connectivity index (χ0) is 12.9. The van der Waals surface area contributed by atoms with Gasteiger partial charge in [0.2, 0.25) is 0 Å². The lowest BCUT2D eigenvalue weighted by Crippen LogP contribution is -2.19. The molecular formula is C16H23N. The molecule has 0 fully saturated rings. The van der Waals surface area contributed by atoms with Gasteiger partial charge in [0.1, 0.15) is 0 Å². The summed E-state index contributed by atoms with van der Waals surface area (Å²) in [7, 11) is 0. The molecule has 1 heteroatoms. The van der Waals surface area contributed by atoms with Gasteiger partial charge in [-0.3, -0.25) is 0 Å². The Balaban J connectivity index is 2.86. The van der Waals surface area contributed by atoms with Crippen molar-refractivity contribution in [3.63, 3.8) is 0 Å². The first kappa shape index (κ1) is 13.8. The summed E-state index contributed by atoms with van der Waals surface area (Å²) in [6.45, 7) is 6.67. The standard InChI is InChI=1S/C16H23N/c1-5-6-7-12-15(17)13-10-8-9-11-14(13)16(2,3)4/h1,8-11,15H,6-7,12,17H2,2-4H3. The molecule has 1 atom stereocenters. The van der Waals surface area contributed by atoms with Crippen molar-refractivity contribution < 1.29 is 0 Å². The number of nitrogens with two attached hydrogens (primary N) is 1. The van der Waals surface area contributed by atoms with Gasteiger partial charge in [-0.25, -0.2) is 0 Å². The second-order valence-corrected chi connectivity index (χ2v) is 5.54. The Morgan fingerprint density at radius 1 is 1.29 bits per heavy atom. The van der Waals surface area contributed by atoms with E-state index in [1.54, 1.807) is 0 Å². The summed E-state index contributed by atoms with van der Waals surface area (Å²) in [5.74, 6) is 2.66. The van der Waals surface area contributed by atoms with Gasteiger partial charge in [0.05, 0.1) is 0 Å². The molecule has 0 spiro atoms. The number of unbranched alkanes of at least 4 members (excludes halogenated alkanes) is 1. The summed E-state index contributed by atoms with van der Waals surface area (Å²) in [6, 6.07) is 8.56. The zero-order valence-corrected chi connectivity index (χ0v) is 11.2. The first-order valence-electron chi connectivity index (χ1n) is 6.25. The van der Waals surface area contributed by atoms with Crippen LogP contribution >= 0.6 is 0 Å². The highest BCUT2D eigenvalue weighted by Gasteiger charge is 2.20. The van der Waals surface area contributed by atoms with Crippen LogP contribution in [0.15, 0.2) is 24.3 Å². The topological polar surface area (TPSA) is 26.0 Å². The minimum absolute atomic E-state index is 0.0961. The van der Waals surface area contributed by atoms with E-state index in [1.807, 2.05) is 0 Å². The van der Waals surface area contributed by atoms with Crippen molar-refractivity contribution in [2.75, 3.05) is 0 Å². The maximum Gasteiger partial charge on any atom is 0.0298 e. The number of hydrogen-bond donors (Lipinski definition) is 1. The van der Waals surface area contributed by atoms with Crippen molar-refractivity contribution in [1.29, 1.82) is 0 Å². The van der Waals surface area contributed by atoms with Gasteiger partial charge in [0, 0.05) is 12.5 Å². The molecule has 1 rings (SSSR count). The van der Waals surface area contributed by atoms with Gasteiger partial charge in [-0.2, -0.15) is 0 Å². The van der Waals surface area contributed by atoms with Crippen molar-refractivity contribution in [3.05, 3.63) is 35.4 Å². The Morgan fingerprint density at radius 3 is 2.53 bits per heavy atom. The van der Waals surface area contributed by atoms with Crippen LogP contribution in [0.2, 0.25) is 0 Å². The third-order valence-electron chi connectivity index (χ3n) is 3.00. The molecule has 0 aliphatic carbocycles. The first-order valence-corrected chi connectivity index (χ1v) is 6.25. The number of hydrogen-bond acceptors (Lipinski definition) is 1. The highest BCUT2D eigenvalue weighted by molar-refractivity contribution is 5.34. The molecule has 0 aliphatic rings. The van der Waals surface area contributed by atoms with Crippen molar-refractivity contribution in [3.8, 4) is 12.3 Å². The number of rotatable bonds is 4. The molecule has 1 nitrogen and oxygen atoms in total. The summed E-state index contributed by atoms with van der Waals surface area (Å²) in [5, 5.41) is 0. The summed E-state index contributed by atoms with van der Waals surface area (Å²) in [4.78, 5) is 0. The second kappa shape index (κ2) is 5.89. The molecule has 0 amide bonds. The van der Waals surface area contributed by atoms with Gasteiger partial charge >= 0.3 is 0 Å². The average molecular weight is 229 g/mol.